The van der Waals surface area contributed by atoms with E-state index >= 15 is 0 Å². The topological polar surface area (TPSA) is 108 Å². The maximum Gasteiger partial charge on any atom is 0.268 e. The zero-order valence-electron chi connectivity index (χ0n) is 32.4. The van der Waals surface area contributed by atoms with Crippen molar-refractivity contribution >= 4 is 13.7 Å². The second kappa shape index (κ2) is 32.6. The lowest BCUT2D eigenvalue weighted by Crippen LogP contribution is -2.45. The summed E-state index contributed by atoms with van der Waals surface area (Å²) in [5.74, 6) is -0.216. The van der Waals surface area contributed by atoms with Gasteiger partial charge in [-0.05, 0) is 44.9 Å². The average Bonchev–Trinajstić information content (AvgIpc) is 3.04. The van der Waals surface area contributed by atoms with Crippen LogP contribution >= 0.6 is 7.82 Å². The van der Waals surface area contributed by atoms with Crippen molar-refractivity contribution in [2.45, 2.75) is 174 Å². The van der Waals surface area contributed by atoms with E-state index in [9.17, 15) is 19.4 Å². The molecule has 0 heterocycles. The quantitative estimate of drug-likeness (QED) is 0.0293. The molecular formula is C40H77N2O6P. The second-order valence-corrected chi connectivity index (χ2v) is 16.0. The molecule has 0 saturated heterocycles. The molecule has 0 aromatic carbocycles. The number of quaternary nitrogens is 1. The van der Waals surface area contributed by atoms with Crippen molar-refractivity contribution in [1.29, 1.82) is 0 Å². The van der Waals surface area contributed by atoms with Crippen molar-refractivity contribution in [3.05, 3.63) is 36.5 Å². The average molecular weight is 713 g/mol. The first-order valence-electron chi connectivity index (χ1n) is 19.9. The Kier molecular flexibility index (Phi) is 31.8. The highest BCUT2D eigenvalue weighted by atomic mass is 31.2. The van der Waals surface area contributed by atoms with E-state index in [0.717, 1.165) is 44.9 Å². The molecule has 0 spiro atoms. The summed E-state index contributed by atoms with van der Waals surface area (Å²) < 4.78 is 23.1. The lowest BCUT2D eigenvalue weighted by Gasteiger charge is -2.29. The predicted molar refractivity (Wildman–Crippen MR) is 205 cm³/mol. The minimum absolute atomic E-state index is 0.00837. The molecule has 1 amide bonds. The minimum Gasteiger partial charge on any atom is -0.756 e. The van der Waals surface area contributed by atoms with Crippen LogP contribution in [0.3, 0.4) is 0 Å². The molecular weight excluding hydrogens is 635 g/mol. The SMILES string of the molecule is CCCCCCCCC/C=C/CC/C=C/CC/C=C/C(O)C(COP(=O)([O-])OCC[N+](C)(C)C)NC(=O)CCCCCCCCCCCC. The third-order valence-electron chi connectivity index (χ3n) is 8.58. The Balaban J connectivity index is 4.58. The van der Waals surface area contributed by atoms with Crippen molar-refractivity contribution in [3.63, 3.8) is 0 Å². The number of amides is 1. The van der Waals surface area contributed by atoms with Gasteiger partial charge in [0, 0.05) is 6.42 Å². The van der Waals surface area contributed by atoms with Gasteiger partial charge < -0.3 is 28.8 Å². The van der Waals surface area contributed by atoms with Crippen LogP contribution in [0.1, 0.15) is 162 Å². The van der Waals surface area contributed by atoms with Gasteiger partial charge in [-0.2, -0.15) is 0 Å². The first-order valence-corrected chi connectivity index (χ1v) is 21.3. The summed E-state index contributed by atoms with van der Waals surface area (Å²) in [4.78, 5) is 25.1. The fourth-order valence-electron chi connectivity index (χ4n) is 5.36. The van der Waals surface area contributed by atoms with Crippen LogP contribution in [0.5, 0.6) is 0 Å². The fraction of sp³-hybridized carbons (Fsp3) is 0.825. The predicted octanol–water partition coefficient (Wildman–Crippen LogP) is 9.72. The van der Waals surface area contributed by atoms with Crippen molar-refractivity contribution < 1.29 is 32.9 Å². The summed E-state index contributed by atoms with van der Waals surface area (Å²) in [5, 5.41) is 13.7. The Morgan fingerprint density at radius 2 is 1.14 bits per heavy atom. The number of nitrogens with zero attached hydrogens (tertiary/aromatic N) is 1. The molecule has 0 aromatic rings. The number of hydrogen-bond donors (Lipinski definition) is 2. The molecule has 0 saturated carbocycles. The Morgan fingerprint density at radius 1 is 0.694 bits per heavy atom. The number of rotatable bonds is 35. The maximum atomic E-state index is 12.7. The van der Waals surface area contributed by atoms with E-state index in [1.807, 2.05) is 27.2 Å². The van der Waals surface area contributed by atoms with Crippen LogP contribution in [0, 0.1) is 0 Å². The van der Waals surface area contributed by atoms with Crippen molar-refractivity contribution in [3.8, 4) is 0 Å². The summed E-state index contributed by atoms with van der Waals surface area (Å²) in [6.07, 6.45) is 37.6. The summed E-state index contributed by atoms with van der Waals surface area (Å²) in [7, 11) is 1.23. The smallest absolute Gasteiger partial charge is 0.268 e. The molecule has 9 heteroatoms. The molecule has 288 valence electrons. The molecule has 2 N–H and O–H groups in total. The van der Waals surface area contributed by atoms with Crippen LogP contribution < -0.4 is 10.2 Å². The highest BCUT2D eigenvalue weighted by molar-refractivity contribution is 7.45. The van der Waals surface area contributed by atoms with Crippen molar-refractivity contribution in [2.24, 2.45) is 0 Å². The second-order valence-electron chi connectivity index (χ2n) is 14.6. The lowest BCUT2D eigenvalue weighted by atomic mass is 10.1. The van der Waals surface area contributed by atoms with Gasteiger partial charge in [-0.3, -0.25) is 9.36 Å². The first-order chi connectivity index (χ1) is 23.5. The van der Waals surface area contributed by atoms with Crippen molar-refractivity contribution in [1.82, 2.24) is 5.32 Å². The van der Waals surface area contributed by atoms with E-state index in [4.69, 9.17) is 9.05 Å². The molecule has 3 atom stereocenters. The molecule has 0 rings (SSSR count). The normalized spacial score (nSPS) is 15.0. The van der Waals surface area contributed by atoms with Gasteiger partial charge in [0.2, 0.25) is 5.91 Å². The van der Waals surface area contributed by atoms with E-state index < -0.39 is 26.6 Å². The van der Waals surface area contributed by atoms with Crippen LogP contribution in [-0.2, 0) is 18.4 Å². The zero-order chi connectivity index (χ0) is 36.5. The summed E-state index contributed by atoms with van der Waals surface area (Å²) in [6.45, 7) is 4.57. The van der Waals surface area contributed by atoms with E-state index in [2.05, 4.69) is 43.5 Å². The van der Waals surface area contributed by atoms with Crippen LogP contribution in [-0.4, -0.2) is 68.5 Å². The third-order valence-corrected chi connectivity index (χ3v) is 9.54. The molecule has 0 aliphatic heterocycles. The molecule has 0 radical (unpaired) electrons. The van der Waals surface area contributed by atoms with Gasteiger partial charge in [0.05, 0.1) is 39.9 Å². The lowest BCUT2D eigenvalue weighted by molar-refractivity contribution is -0.870. The van der Waals surface area contributed by atoms with E-state index in [1.54, 1.807) is 6.08 Å². The first kappa shape index (κ1) is 47.7. The van der Waals surface area contributed by atoms with Gasteiger partial charge in [-0.15, -0.1) is 0 Å². The number of phosphoric acid groups is 1. The Morgan fingerprint density at radius 3 is 1.65 bits per heavy atom. The van der Waals surface area contributed by atoms with Crippen molar-refractivity contribution in [2.75, 3.05) is 40.9 Å². The van der Waals surface area contributed by atoms with Gasteiger partial charge in [-0.1, -0.05) is 147 Å². The largest absolute Gasteiger partial charge is 0.756 e. The third kappa shape index (κ3) is 34.9. The number of carbonyl (C=O) groups excluding carboxylic acids is 1. The number of hydrogen-bond acceptors (Lipinski definition) is 6. The summed E-state index contributed by atoms with van der Waals surface area (Å²) in [6, 6.07) is -0.903. The monoisotopic (exact) mass is 713 g/mol. The molecule has 0 fully saturated rings. The van der Waals surface area contributed by atoms with Gasteiger partial charge in [0.15, 0.2) is 0 Å². The van der Waals surface area contributed by atoms with Gasteiger partial charge in [-0.25, -0.2) is 0 Å². The number of likely N-dealkylation sites (N-methyl/N-ethyl adjacent to an activating group) is 1. The summed E-state index contributed by atoms with van der Waals surface area (Å²) >= 11 is 0. The molecule has 3 unspecified atom stereocenters. The number of phosphoric ester groups is 1. The van der Waals surface area contributed by atoms with Gasteiger partial charge in [0.1, 0.15) is 13.2 Å². The Labute approximate surface area is 302 Å². The Bertz CT molecular complexity index is 902. The summed E-state index contributed by atoms with van der Waals surface area (Å²) in [5.41, 5.74) is 0. The van der Waals surface area contributed by atoms with Gasteiger partial charge in [0.25, 0.3) is 7.82 Å². The highest BCUT2D eigenvalue weighted by Gasteiger charge is 2.23. The Hall–Kier alpha value is -1.28. The van der Waals surface area contributed by atoms with Gasteiger partial charge >= 0.3 is 0 Å². The number of carbonyl (C=O) groups is 1. The molecule has 8 nitrogen and oxygen atoms in total. The van der Waals surface area contributed by atoms with Crippen LogP contribution in [0.2, 0.25) is 0 Å². The fourth-order valence-corrected chi connectivity index (χ4v) is 6.08. The van der Waals surface area contributed by atoms with Crippen LogP contribution in [0.4, 0.5) is 0 Å². The number of aliphatic hydroxyl groups is 1. The number of aliphatic hydroxyl groups excluding tert-OH is 1. The number of nitrogens with one attached hydrogen (secondary N) is 1. The number of unbranched alkanes of at least 4 members (excludes halogenated alkanes) is 18. The van der Waals surface area contributed by atoms with E-state index in [1.165, 1.54) is 96.3 Å². The highest BCUT2D eigenvalue weighted by Crippen LogP contribution is 2.38. The molecule has 0 bridgehead atoms. The molecule has 0 aliphatic rings. The minimum atomic E-state index is -4.59. The zero-order valence-corrected chi connectivity index (χ0v) is 33.3. The van der Waals surface area contributed by atoms with Crippen LogP contribution in [0.15, 0.2) is 36.5 Å². The standard InChI is InChI=1S/C40H77N2O6P/c1-6-8-10-12-14-16-18-19-20-21-22-23-24-25-27-29-31-33-39(43)38(37-48-49(45,46)47-36-35-42(3,4)5)41-40(44)34-32-30-28-26-17-15-13-11-9-7-2/h20-21,24-25,31,33,38-39,43H,6-19,22-23,26-30,32,34-37H2,1-5H3,(H-,41,44,45,46)/b21-20+,25-24+,33-31+. The molecule has 49 heavy (non-hydrogen) atoms. The maximum absolute atomic E-state index is 12.7. The van der Waals surface area contributed by atoms with Crippen LogP contribution in [0.25, 0.3) is 0 Å². The molecule has 0 aromatic heterocycles. The van der Waals surface area contributed by atoms with E-state index in [0.29, 0.717) is 17.4 Å². The molecule has 0 aliphatic carbocycles. The number of allylic oxidation sites excluding steroid dienone is 5. The van der Waals surface area contributed by atoms with E-state index in [-0.39, 0.29) is 12.5 Å².